The van der Waals surface area contributed by atoms with Crippen molar-refractivity contribution in [2.24, 2.45) is 0 Å². The highest BCUT2D eigenvalue weighted by atomic mass is 15.0. The Balaban J connectivity index is 0.914. The van der Waals surface area contributed by atoms with Gasteiger partial charge in [0.25, 0.3) is 0 Å². The third-order valence-electron chi connectivity index (χ3n) is 13.1. The summed E-state index contributed by atoms with van der Waals surface area (Å²) in [6, 6.07) is 78.6. The van der Waals surface area contributed by atoms with Gasteiger partial charge >= 0.3 is 0 Å². The van der Waals surface area contributed by atoms with Crippen LogP contribution in [0.1, 0.15) is 22.3 Å². The van der Waals surface area contributed by atoms with E-state index in [-0.39, 0.29) is 5.41 Å². The fourth-order valence-electron chi connectivity index (χ4n) is 10.5. The predicted octanol–water partition coefficient (Wildman–Crippen LogP) is 14.0. The maximum atomic E-state index is 4.94. The Morgan fingerprint density at radius 1 is 0.306 bits per heavy atom. The highest BCUT2D eigenvalue weighted by Gasteiger charge is 2.52. The molecule has 1 spiro atoms. The fourth-order valence-corrected chi connectivity index (χ4v) is 10.5. The van der Waals surface area contributed by atoms with Crippen molar-refractivity contribution in [2.75, 3.05) is 0 Å². The molecule has 4 heteroatoms. The van der Waals surface area contributed by atoms with Crippen molar-refractivity contribution in [3.8, 4) is 73.2 Å². The number of hydrogen-bond acceptors (Lipinski definition) is 3. The van der Waals surface area contributed by atoms with Crippen molar-refractivity contribution in [1.29, 1.82) is 0 Å². The summed E-state index contributed by atoms with van der Waals surface area (Å²) in [6.45, 7) is 0. The van der Waals surface area contributed by atoms with E-state index in [1.54, 1.807) is 0 Å². The minimum Gasteiger partial charge on any atom is -0.309 e. The summed E-state index contributed by atoms with van der Waals surface area (Å²) in [6.07, 6.45) is 0. The molecule has 0 fully saturated rings. The summed E-state index contributed by atoms with van der Waals surface area (Å²) < 4.78 is 2.44. The van der Waals surface area contributed by atoms with Gasteiger partial charge < -0.3 is 4.57 Å². The molecule has 0 aliphatic heterocycles. The van der Waals surface area contributed by atoms with E-state index in [0.717, 1.165) is 33.5 Å². The molecule has 0 radical (unpaired) electrons. The number of aromatic nitrogens is 4. The van der Waals surface area contributed by atoms with Crippen LogP contribution in [0.15, 0.2) is 218 Å². The van der Waals surface area contributed by atoms with Crippen molar-refractivity contribution in [3.05, 3.63) is 241 Å². The standard InChI is InChI=1S/C58H36N4/c1-3-15-39(16-4-1)55-59-56(40-17-5-2-6-18-40)61-57(60-55)41-29-27-37(28-30-41)38-31-33-42(34-32-38)62-51-26-14-10-22-46(51)54-52(62)36-35-50-53(54)45-21-9-13-25-49(45)58(50)47-23-11-7-19-43(47)44-20-8-12-24-48(44)58/h1-36H. The first-order valence-electron chi connectivity index (χ1n) is 21.2. The van der Waals surface area contributed by atoms with Crippen LogP contribution < -0.4 is 0 Å². The lowest BCUT2D eigenvalue weighted by Gasteiger charge is -2.30. The number of fused-ring (bicyclic) bond motifs is 14. The molecule has 13 rings (SSSR count). The van der Waals surface area contributed by atoms with Gasteiger partial charge in [0.05, 0.1) is 16.4 Å². The van der Waals surface area contributed by atoms with Crippen LogP contribution in [0.4, 0.5) is 0 Å². The van der Waals surface area contributed by atoms with E-state index in [1.165, 1.54) is 66.3 Å². The van der Waals surface area contributed by atoms with Crippen LogP contribution in [0.5, 0.6) is 0 Å². The first-order chi connectivity index (χ1) is 30.8. The SMILES string of the molecule is c1ccc(-c2nc(-c3ccccc3)nc(-c3ccc(-c4ccc(-n5c6ccccc6c6c7c(ccc65)C5(c6ccccc6-c6ccccc65)c5ccccc5-7)cc4)cc3)n2)cc1. The lowest BCUT2D eigenvalue weighted by molar-refractivity contribution is 0.794. The quantitative estimate of drug-likeness (QED) is 0.174. The second-order valence-electron chi connectivity index (χ2n) is 16.3. The summed E-state index contributed by atoms with van der Waals surface area (Å²) in [5.41, 5.74) is 19.0. The molecule has 0 bridgehead atoms. The molecule has 0 N–H and O–H groups in total. The summed E-state index contributed by atoms with van der Waals surface area (Å²) in [4.78, 5) is 14.8. The second kappa shape index (κ2) is 13.4. The Kier molecular flexibility index (Phi) is 7.49. The molecular formula is C58H36N4. The third-order valence-corrected chi connectivity index (χ3v) is 13.1. The molecule has 62 heavy (non-hydrogen) atoms. The zero-order valence-corrected chi connectivity index (χ0v) is 33.6. The van der Waals surface area contributed by atoms with Gasteiger partial charge in [0.1, 0.15) is 0 Å². The molecule has 4 nitrogen and oxygen atoms in total. The van der Waals surface area contributed by atoms with Crippen molar-refractivity contribution in [3.63, 3.8) is 0 Å². The number of nitrogens with zero attached hydrogens (tertiary/aromatic N) is 4. The summed E-state index contributed by atoms with van der Waals surface area (Å²) >= 11 is 0. The van der Waals surface area contributed by atoms with Crippen molar-refractivity contribution in [1.82, 2.24) is 19.5 Å². The van der Waals surface area contributed by atoms with E-state index < -0.39 is 0 Å². The molecule has 2 aliphatic rings. The monoisotopic (exact) mass is 788 g/mol. The molecule has 0 atom stereocenters. The van der Waals surface area contributed by atoms with Gasteiger partial charge in [0.2, 0.25) is 0 Å². The van der Waals surface area contributed by atoms with Crippen molar-refractivity contribution in [2.45, 2.75) is 5.41 Å². The van der Waals surface area contributed by atoms with Gasteiger partial charge in [-0.3, -0.25) is 0 Å². The van der Waals surface area contributed by atoms with E-state index >= 15 is 0 Å². The molecule has 0 saturated carbocycles. The van der Waals surface area contributed by atoms with Crippen molar-refractivity contribution < 1.29 is 0 Å². The highest BCUT2D eigenvalue weighted by Crippen LogP contribution is 2.64. The van der Waals surface area contributed by atoms with E-state index in [2.05, 4.69) is 162 Å². The van der Waals surface area contributed by atoms with E-state index in [9.17, 15) is 0 Å². The van der Waals surface area contributed by atoms with Gasteiger partial charge in [0.15, 0.2) is 17.5 Å². The number of para-hydroxylation sites is 1. The summed E-state index contributed by atoms with van der Waals surface area (Å²) in [5, 5.41) is 2.56. The maximum absolute atomic E-state index is 4.94. The number of hydrogen-bond donors (Lipinski definition) is 0. The average molecular weight is 789 g/mol. The molecule has 2 heterocycles. The van der Waals surface area contributed by atoms with Crippen LogP contribution in [0.2, 0.25) is 0 Å². The van der Waals surface area contributed by atoms with Gasteiger partial charge in [-0.2, -0.15) is 0 Å². The summed E-state index contributed by atoms with van der Waals surface area (Å²) in [5.74, 6) is 1.96. The van der Waals surface area contributed by atoms with E-state index in [4.69, 9.17) is 15.0 Å². The molecular weight excluding hydrogens is 753 g/mol. The second-order valence-corrected chi connectivity index (χ2v) is 16.3. The van der Waals surface area contributed by atoms with Gasteiger partial charge in [0, 0.05) is 33.2 Å². The van der Waals surface area contributed by atoms with Crippen LogP contribution in [-0.2, 0) is 5.41 Å². The van der Waals surface area contributed by atoms with Crippen LogP contribution in [0.25, 0.3) is 95.0 Å². The first-order valence-corrected chi connectivity index (χ1v) is 21.2. The third kappa shape index (κ3) is 4.92. The Labute approximate surface area is 359 Å². The van der Waals surface area contributed by atoms with E-state index in [0.29, 0.717) is 17.5 Å². The van der Waals surface area contributed by atoms with Crippen molar-refractivity contribution >= 4 is 21.8 Å². The minimum absolute atomic E-state index is 0.383. The molecule has 288 valence electrons. The van der Waals surface area contributed by atoms with E-state index in [1.807, 2.05) is 60.7 Å². The molecule has 9 aromatic carbocycles. The van der Waals surface area contributed by atoms with Crippen LogP contribution >= 0.6 is 0 Å². The fraction of sp³-hybridized carbons (Fsp3) is 0.0172. The maximum Gasteiger partial charge on any atom is 0.164 e. The minimum atomic E-state index is -0.383. The largest absolute Gasteiger partial charge is 0.309 e. The lowest BCUT2D eigenvalue weighted by Crippen LogP contribution is -2.25. The topological polar surface area (TPSA) is 43.6 Å². The number of benzene rings is 9. The number of rotatable bonds is 5. The van der Waals surface area contributed by atoms with Gasteiger partial charge in [-0.05, 0) is 79.9 Å². The van der Waals surface area contributed by atoms with Gasteiger partial charge in [-0.1, -0.05) is 194 Å². The molecule has 11 aromatic rings. The predicted molar refractivity (Wildman–Crippen MR) is 252 cm³/mol. The lowest BCUT2D eigenvalue weighted by atomic mass is 9.70. The Morgan fingerprint density at radius 3 is 1.32 bits per heavy atom. The molecule has 0 amide bonds. The highest BCUT2D eigenvalue weighted by molar-refractivity contribution is 6.19. The Morgan fingerprint density at radius 2 is 0.742 bits per heavy atom. The average Bonchev–Trinajstić information content (AvgIpc) is 3.96. The van der Waals surface area contributed by atoms with Crippen LogP contribution in [0.3, 0.4) is 0 Å². The van der Waals surface area contributed by atoms with Crippen LogP contribution in [0, 0.1) is 0 Å². The van der Waals surface area contributed by atoms with Crippen LogP contribution in [-0.4, -0.2) is 19.5 Å². The summed E-state index contributed by atoms with van der Waals surface area (Å²) in [7, 11) is 0. The molecule has 2 aliphatic carbocycles. The zero-order valence-electron chi connectivity index (χ0n) is 33.6. The molecule has 0 unspecified atom stereocenters. The van der Waals surface area contributed by atoms with Gasteiger partial charge in [-0.25, -0.2) is 15.0 Å². The smallest absolute Gasteiger partial charge is 0.164 e. The Bertz CT molecular complexity index is 3450. The Hall–Kier alpha value is -8.21. The van der Waals surface area contributed by atoms with Gasteiger partial charge in [-0.15, -0.1) is 0 Å². The molecule has 0 saturated heterocycles. The normalized spacial score (nSPS) is 13.0. The first kappa shape index (κ1) is 34.6. The molecule has 2 aromatic heterocycles. The zero-order chi connectivity index (χ0) is 40.8.